The maximum Gasteiger partial charge on any atom is 0.338 e. The fourth-order valence-corrected chi connectivity index (χ4v) is 11.3. The summed E-state index contributed by atoms with van der Waals surface area (Å²) in [6.07, 6.45) is 12.1. The first-order valence-electron chi connectivity index (χ1n) is 18.3. The van der Waals surface area contributed by atoms with Gasteiger partial charge >= 0.3 is 11.9 Å². The maximum absolute atomic E-state index is 13.5. The zero-order chi connectivity index (χ0) is 33.5. The molecule has 10 atom stereocenters. The molecule has 0 unspecified atom stereocenters. The molecule has 4 fully saturated rings. The van der Waals surface area contributed by atoms with Crippen molar-refractivity contribution >= 4 is 35.1 Å². The van der Waals surface area contributed by atoms with Crippen LogP contribution in [0.15, 0.2) is 48.5 Å². The summed E-state index contributed by atoms with van der Waals surface area (Å²) in [5.41, 5.74) is 1.36. The highest BCUT2D eigenvalue weighted by molar-refractivity contribution is 6.31. The molecule has 2 aromatic rings. The van der Waals surface area contributed by atoms with Crippen LogP contribution in [0, 0.1) is 52.3 Å². The first-order chi connectivity index (χ1) is 22.4. The third kappa shape index (κ3) is 7.03. The van der Waals surface area contributed by atoms with Gasteiger partial charge in [-0.1, -0.05) is 77.1 Å². The molecule has 0 aliphatic heterocycles. The molecular formula is C41H54Cl2O4. The van der Waals surface area contributed by atoms with Gasteiger partial charge < -0.3 is 9.47 Å². The van der Waals surface area contributed by atoms with Gasteiger partial charge in [0.1, 0.15) is 12.2 Å². The lowest BCUT2D eigenvalue weighted by Gasteiger charge is -2.62. The highest BCUT2D eigenvalue weighted by Gasteiger charge is 2.62. The molecule has 0 radical (unpaired) electrons. The molecule has 0 heterocycles. The smallest absolute Gasteiger partial charge is 0.338 e. The highest BCUT2D eigenvalue weighted by Crippen LogP contribution is 2.68. The number of esters is 2. The summed E-state index contributed by atoms with van der Waals surface area (Å²) in [5, 5.41) is 1.14. The quantitative estimate of drug-likeness (QED) is 0.247. The van der Waals surface area contributed by atoms with Crippen LogP contribution in [0.25, 0.3) is 0 Å². The van der Waals surface area contributed by atoms with E-state index in [-0.39, 0.29) is 5.41 Å². The summed E-state index contributed by atoms with van der Waals surface area (Å²) < 4.78 is 12.5. The van der Waals surface area contributed by atoms with Gasteiger partial charge in [0.25, 0.3) is 0 Å². The van der Waals surface area contributed by atoms with Crippen molar-refractivity contribution in [2.24, 2.45) is 52.3 Å². The van der Waals surface area contributed by atoms with Crippen LogP contribution >= 0.6 is 23.2 Å². The summed E-state index contributed by atoms with van der Waals surface area (Å²) in [7, 11) is 0. The number of hydrogen-bond donors (Lipinski definition) is 0. The van der Waals surface area contributed by atoms with Crippen molar-refractivity contribution in [2.45, 2.75) is 117 Å². The predicted molar refractivity (Wildman–Crippen MR) is 190 cm³/mol. The van der Waals surface area contributed by atoms with E-state index in [9.17, 15) is 9.59 Å². The molecular weight excluding hydrogens is 627 g/mol. The Morgan fingerprint density at radius 3 is 1.91 bits per heavy atom. The molecule has 6 heteroatoms. The van der Waals surface area contributed by atoms with E-state index in [1.54, 1.807) is 48.5 Å². The van der Waals surface area contributed by atoms with Crippen molar-refractivity contribution in [3.05, 3.63) is 69.7 Å². The van der Waals surface area contributed by atoms with Crippen LogP contribution in [0.1, 0.15) is 126 Å². The van der Waals surface area contributed by atoms with Gasteiger partial charge in [0.15, 0.2) is 0 Å². The zero-order valence-corrected chi connectivity index (χ0v) is 30.5. The molecule has 0 aromatic heterocycles. The molecule has 6 rings (SSSR count). The van der Waals surface area contributed by atoms with Crippen LogP contribution in [0.4, 0.5) is 0 Å². The maximum atomic E-state index is 13.5. The first-order valence-corrected chi connectivity index (χ1v) is 19.1. The second-order valence-corrected chi connectivity index (χ2v) is 17.4. The highest BCUT2D eigenvalue weighted by atomic mass is 35.5. The number of fused-ring (bicyclic) bond motifs is 5. The van der Waals surface area contributed by atoms with Crippen LogP contribution in [0.2, 0.25) is 10.0 Å². The third-order valence-electron chi connectivity index (χ3n) is 13.5. The zero-order valence-electron chi connectivity index (χ0n) is 29.0. The number of benzene rings is 2. The standard InChI is InChI=1S/C41H54Cl2O4/c1-25(2)7-6-8-26(3)33-19-20-34-32-18-13-29-23-36(46-38(44)27-9-14-30(42)15-10-27)37(47-39(45)28-11-16-31(43)17-12-28)24-41(29,5)35(32)21-22-40(33,34)4/h9-12,14-17,25-26,29,32-37H,6-8,13,18-24H2,1-5H3/t26-,29+,32+,33-,34+,35+,36+,37-,40-,41+/m1/s1. The van der Waals surface area contributed by atoms with Gasteiger partial charge in [-0.2, -0.15) is 0 Å². The van der Waals surface area contributed by atoms with Crippen LogP contribution in [-0.4, -0.2) is 24.1 Å². The number of hydrogen-bond acceptors (Lipinski definition) is 4. The van der Waals surface area contributed by atoms with E-state index in [0.29, 0.717) is 44.3 Å². The molecule has 4 aliphatic rings. The Kier molecular flexibility index (Phi) is 10.4. The topological polar surface area (TPSA) is 52.6 Å². The second kappa shape index (κ2) is 14.1. The van der Waals surface area contributed by atoms with Gasteiger partial charge in [-0.15, -0.1) is 0 Å². The van der Waals surface area contributed by atoms with Crippen molar-refractivity contribution in [2.75, 3.05) is 0 Å². The molecule has 4 nitrogen and oxygen atoms in total. The van der Waals surface area contributed by atoms with Gasteiger partial charge in [-0.25, -0.2) is 9.59 Å². The summed E-state index contributed by atoms with van der Waals surface area (Å²) in [6, 6.07) is 13.6. The molecule has 0 spiro atoms. The summed E-state index contributed by atoms with van der Waals surface area (Å²) in [6.45, 7) is 12.3. The third-order valence-corrected chi connectivity index (χ3v) is 14.0. The number of halogens is 2. The van der Waals surface area contributed by atoms with E-state index in [1.165, 1.54) is 51.4 Å². The van der Waals surface area contributed by atoms with E-state index < -0.39 is 24.1 Å². The van der Waals surface area contributed by atoms with E-state index >= 15 is 0 Å². The van der Waals surface area contributed by atoms with Crippen molar-refractivity contribution in [3.8, 4) is 0 Å². The molecule has 2 aromatic carbocycles. The first kappa shape index (κ1) is 34.8. The van der Waals surface area contributed by atoms with Crippen LogP contribution in [0.5, 0.6) is 0 Å². The molecule has 256 valence electrons. The fraction of sp³-hybridized carbons (Fsp3) is 0.659. The number of carbonyl (C=O) groups excluding carboxylic acids is 2. The van der Waals surface area contributed by atoms with Crippen molar-refractivity contribution in [3.63, 3.8) is 0 Å². The lowest BCUT2D eigenvalue weighted by atomic mass is 9.44. The molecule has 4 aliphatic carbocycles. The van der Waals surface area contributed by atoms with Gasteiger partial charge in [-0.3, -0.25) is 0 Å². The van der Waals surface area contributed by atoms with Gasteiger partial charge in [0.2, 0.25) is 0 Å². The van der Waals surface area contributed by atoms with Gasteiger partial charge in [-0.05, 0) is 152 Å². The summed E-state index contributed by atoms with van der Waals surface area (Å²) >= 11 is 12.2. The van der Waals surface area contributed by atoms with E-state index in [4.69, 9.17) is 32.7 Å². The van der Waals surface area contributed by atoms with E-state index in [1.807, 2.05) is 0 Å². The average molecular weight is 682 g/mol. The van der Waals surface area contributed by atoms with Gasteiger partial charge in [0.05, 0.1) is 11.1 Å². The predicted octanol–water partition coefficient (Wildman–Crippen LogP) is 11.5. The van der Waals surface area contributed by atoms with Crippen molar-refractivity contribution in [1.29, 1.82) is 0 Å². The van der Waals surface area contributed by atoms with E-state index in [0.717, 1.165) is 42.9 Å². The van der Waals surface area contributed by atoms with Crippen LogP contribution < -0.4 is 0 Å². The Morgan fingerprint density at radius 2 is 1.32 bits per heavy atom. The monoisotopic (exact) mass is 680 g/mol. The molecule has 4 saturated carbocycles. The Morgan fingerprint density at radius 1 is 0.745 bits per heavy atom. The fourth-order valence-electron chi connectivity index (χ4n) is 11.1. The summed E-state index contributed by atoms with van der Waals surface area (Å²) in [4.78, 5) is 26.8. The average Bonchev–Trinajstić information content (AvgIpc) is 3.39. The Bertz CT molecular complexity index is 1410. The normalized spacial score (nSPS) is 35.4. The lowest BCUT2D eigenvalue weighted by Crippen LogP contribution is -2.58. The van der Waals surface area contributed by atoms with E-state index in [2.05, 4.69) is 34.6 Å². The molecule has 0 N–H and O–H groups in total. The Labute approximate surface area is 292 Å². The van der Waals surface area contributed by atoms with Gasteiger partial charge in [0, 0.05) is 10.0 Å². The minimum atomic E-state index is -0.514. The second-order valence-electron chi connectivity index (χ2n) is 16.5. The van der Waals surface area contributed by atoms with Crippen molar-refractivity contribution in [1.82, 2.24) is 0 Å². The van der Waals surface area contributed by atoms with Crippen molar-refractivity contribution < 1.29 is 19.1 Å². The SMILES string of the molecule is CC(C)CCC[C@@H](C)[C@H]1CC[C@H]2[C@@H]3CC[C@H]4C[C@H](OC(=O)c5ccc(Cl)cc5)[C@H](OC(=O)c5ccc(Cl)cc5)C[C@]4(C)[C@H]3CC[C@]12C. The minimum absolute atomic E-state index is 0.0271. The molecule has 0 bridgehead atoms. The van der Waals surface area contributed by atoms with Crippen LogP contribution in [-0.2, 0) is 9.47 Å². The van der Waals surface area contributed by atoms with Crippen LogP contribution in [0.3, 0.4) is 0 Å². The molecule has 0 amide bonds. The lowest BCUT2D eigenvalue weighted by molar-refractivity contribution is -0.163. The minimum Gasteiger partial charge on any atom is -0.455 e. The largest absolute Gasteiger partial charge is 0.455 e. The summed E-state index contributed by atoms with van der Waals surface area (Å²) in [5.74, 6) is 4.10. The Hall–Kier alpha value is -2.04. The Balaban J connectivity index is 1.22. The number of carbonyl (C=O) groups is 2. The molecule has 0 saturated heterocycles. The number of rotatable bonds is 9. The molecule has 47 heavy (non-hydrogen) atoms. The number of ether oxygens (including phenoxy) is 2.